The van der Waals surface area contributed by atoms with Gasteiger partial charge >= 0.3 is 0 Å². The highest BCUT2D eigenvalue weighted by Gasteiger charge is 2.23. The normalized spacial score (nSPS) is 10.6. The molecule has 0 heterocycles. The summed E-state index contributed by atoms with van der Waals surface area (Å²) in [4.78, 5) is 26.2. The van der Waals surface area contributed by atoms with Gasteiger partial charge < -0.3 is 10.2 Å². The summed E-state index contributed by atoms with van der Waals surface area (Å²) in [6.07, 6.45) is 0. The van der Waals surface area contributed by atoms with Crippen LogP contribution in [0.2, 0.25) is 0 Å². The van der Waals surface area contributed by atoms with E-state index in [1.165, 1.54) is 41.3 Å². The quantitative estimate of drug-likeness (QED) is 0.801. The molecule has 0 spiro atoms. The van der Waals surface area contributed by atoms with E-state index in [1.807, 2.05) is 0 Å². The van der Waals surface area contributed by atoms with Crippen LogP contribution >= 0.6 is 15.9 Å². The lowest BCUT2D eigenvalue weighted by atomic mass is 10.1. The fraction of sp³-hybridized carbons (Fsp3) is 0.222. The second-order valence-corrected chi connectivity index (χ2v) is 6.56. The third-order valence-electron chi connectivity index (χ3n) is 3.48. The molecule has 0 aliphatic carbocycles. The number of carbonyl (C=O) groups excluding carboxylic acids is 2. The van der Waals surface area contributed by atoms with Crippen molar-refractivity contribution in [2.45, 2.75) is 19.9 Å². The molecule has 132 valence electrons. The van der Waals surface area contributed by atoms with Crippen molar-refractivity contribution in [3.8, 4) is 0 Å². The summed E-state index contributed by atoms with van der Waals surface area (Å²) in [5.74, 6) is -1.84. The lowest BCUT2D eigenvalue weighted by Gasteiger charge is -2.26. The molecule has 0 bridgehead atoms. The number of amides is 2. The summed E-state index contributed by atoms with van der Waals surface area (Å²) < 4.78 is 26.8. The van der Waals surface area contributed by atoms with Crippen molar-refractivity contribution in [1.29, 1.82) is 0 Å². The fourth-order valence-corrected chi connectivity index (χ4v) is 2.61. The molecule has 4 nitrogen and oxygen atoms in total. The van der Waals surface area contributed by atoms with Gasteiger partial charge in [-0.25, -0.2) is 8.78 Å². The molecule has 0 unspecified atom stereocenters. The van der Waals surface area contributed by atoms with E-state index in [-0.39, 0.29) is 18.2 Å². The fourth-order valence-electron chi connectivity index (χ4n) is 2.19. The van der Waals surface area contributed by atoms with Crippen molar-refractivity contribution in [1.82, 2.24) is 4.90 Å². The van der Waals surface area contributed by atoms with Gasteiger partial charge in [0, 0.05) is 16.2 Å². The lowest BCUT2D eigenvalue weighted by molar-refractivity contribution is -0.117. The summed E-state index contributed by atoms with van der Waals surface area (Å²) in [6.45, 7) is 3.31. The van der Waals surface area contributed by atoms with Crippen LogP contribution in [0.4, 0.5) is 14.5 Å². The molecule has 2 aromatic carbocycles. The highest BCUT2D eigenvalue weighted by molar-refractivity contribution is 9.10. The first-order chi connectivity index (χ1) is 11.8. The van der Waals surface area contributed by atoms with E-state index in [0.29, 0.717) is 10.2 Å². The second-order valence-electron chi connectivity index (χ2n) is 5.71. The summed E-state index contributed by atoms with van der Waals surface area (Å²) in [7, 11) is 0. The standard InChI is InChI=1S/C18H17BrF2N2O2/c1-11(2)23(18(25)15-9-13(21)5-8-16(15)19)10-17(24)22-14-6-3-12(20)4-7-14/h3-9,11H,10H2,1-2H3,(H,22,24). The Kier molecular flexibility index (Phi) is 6.25. The van der Waals surface area contributed by atoms with Gasteiger partial charge in [-0.05, 0) is 72.2 Å². The van der Waals surface area contributed by atoms with Gasteiger partial charge in [-0.2, -0.15) is 0 Å². The van der Waals surface area contributed by atoms with Gasteiger partial charge in [0.2, 0.25) is 5.91 Å². The second kappa shape index (κ2) is 8.20. The first-order valence-corrected chi connectivity index (χ1v) is 8.38. The zero-order valence-electron chi connectivity index (χ0n) is 13.7. The molecule has 2 aromatic rings. The van der Waals surface area contributed by atoms with Crippen LogP contribution in [0.3, 0.4) is 0 Å². The van der Waals surface area contributed by atoms with Gasteiger partial charge in [0.15, 0.2) is 0 Å². The average Bonchev–Trinajstić information content (AvgIpc) is 2.56. The third kappa shape index (κ3) is 5.09. The molecule has 2 rings (SSSR count). The van der Waals surface area contributed by atoms with Gasteiger partial charge in [-0.1, -0.05) is 0 Å². The Morgan fingerprint density at radius 3 is 2.28 bits per heavy atom. The highest BCUT2D eigenvalue weighted by atomic mass is 79.9. The first-order valence-electron chi connectivity index (χ1n) is 7.59. The number of hydrogen-bond donors (Lipinski definition) is 1. The smallest absolute Gasteiger partial charge is 0.255 e. The minimum Gasteiger partial charge on any atom is -0.327 e. The van der Waals surface area contributed by atoms with Crippen molar-refractivity contribution in [2.75, 3.05) is 11.9 Å². The average molecular weight is 411 g/mol. The highest BCUT2D eigenvalue weighted by Crippen LogP contribution is 2.21. The predicted octanol–water partition coefficient (Wildman–Crippen LogP) is 4.22. The molecule has 2 amide bonds. The molecule has 0 aliphatic heterocycles. The molecule has 0 saturated heterocycles. The number of nitrogens with zero attached hydrogens (tertiary/aromatic N) is 1. The van der Waals surface area contributed by atoms with E-state index in [0.717, 1.165) is 6.07 Å². The molecular weight excluding hydrogens is 394 g/mol. The Morgan fingerprint density at radius 1 is 1.08 bits per heavy atom. The maximum Gasteiger partial charge on any atom is 0.255 e. The molecule has 7 heteroatoms. The van der Waals surface area contributed by atoms with Crippen molar-refractivity contribution in [2.24, 2.45) is 0 Å². The van der Waals surface area contributed by atoms with Crippen molar-refractivity contribution >= 4 is 33.4 Å². The molecule has 0 fully saturated rings. The van der Waals surface area contributed by atoms with Crippen LogP contribution in [0.1, 0.15) is 24.2 Å². The van der Waals surface area contributed by atoms with E-state index in [2.05, 4.69) is 21.2 Å². The number of nitrogens with one attached hydrogen (secondary N) is 1. The van der Waals surface area contributed by atoms with Crippen molar-refractivity contribution < 1.29 is 18.4 Å². The first kappa shape index (κ1) is 19.1. The maximum atomic E-state index is 13.5. The van der Waals surface area contributed by atoms with Crippen molar-refractivity contribution in [3.05, 3.63) is 64.1 Å². The summed E-state index contributed by atoms with van der Waals surface area (Å²) in [5, 5.41) is 2.60. The van der Waals surface area contributed by atoms with E-state index in [4.69, 9.17) is 0 Å². The van der Waals surface area contributed by atoms with E-state index in [9.17, 15) is 18.4 Å². The number of rotatable bonds is 5. The van der Waals surface area contributed by atoms with E-state index in [1.54, 1.807) is 13.8 Å². The molecule has 0 atom stereocenters. The van der Waals surface area contributed by atoms with E-state index >= 15 is 0 Å². The zero-order chi connectivity index (χ0) is 18.6. The summed E-state index contributed by atoms with van der Waals surface area (Å²) in [5.41, 5.74) is 0.567. The molecule has 0 aliphatic rings. The van der Waals surface area contributed by atoms with Crippen LogP contribution in [0.25, 0.3) is 0 Å². The van der Waals surface area contributed by atoms with Crippen LogP contribution < -0.4 is 5.32 Å². The van der Waals surface area contributed by atoms with Gasteiger partial charge in [0.1, 0.15) is 18.2 Å². The number of hydrogen-bond acceptors (Lipinski definition) is 2. The van der Waals surface area contributed by atoms with E-state index < -0.39 is 23.4 Å². The summed E-state index contributed by atoms with van der Waals surface area (Å²) >= 11 is 3.23. The van der Waals surface area contributed by atoms with Crippen LogP contribution in [0.15, 0.2) is 46.9 Å². The zero-order valence-corrected chi connectivity index (χ0v) is 15.3. The minimum atomic E-state index is -0.536. The number of benzene rings is 2. The van der Waals surface area contributed by atoms with Gasteiger partial charge in [0.05, 0.1) is 5.56 Å². The molecule has 0 aromatic heterocycles. The Morgan fingerprint density at radius 2 is 1.68 bits per heavy atom. The molecule has 1 N–H and O–H groups in total. The Balaban J connectivity index is 2.14. The number of halogens is 3. The number of anilines is 1. The minimum absolute atomic E-state index is 0.142. The van der Waals surface area contributed by atoms with Crippen LogP contribution in [0, 0.1) is 11.6 Å². The van der Waals surface area contributed by atoms with Crippen LogP contribution in [-0.4, -0.2) is 29.3 Å². The Hall–Kier alpha value is -2.28. The SMILES string of the molecule is CC(C)N(CC(=O)Nc1ccc(F)cc1)C(=O)c1cc(F)ccc1Br. The Bertz CT molecular complexity index is 779. The predicted molar refractivity (Wildman–Crippen MR) is 95.3 cm³/mol. The monoisotopic (exact) mass is 410 g/mol. The summed E-state index contributed by atoms with van der Waals surface area (Å²) in [6, 6.07) is 8.84. The largest absolute Gasteiger partial charge is 0.327 e. The number of carbonyl (C=O) groups is 2. The van der Waals surface area contributed by atoms with Crippen LogP contribution in [-0.2, 0) is 4.79 Å². The molecule has 25 heavy (non-hydrogen) atoms. The molecule has 0 radical (unpaired) electrons. The lowest BCUT2D eigenvalue weighted by Crippen LogP contribution is -2.42. The van der Waals surface area contributed by atoms with Crippen molar-refractivity contribution in [3.63, 3.8) is 0 Å². The third-order valence-corrected chi connectivity index (χ3v) is 4.18. The van der Waals surface area contributed by atoms with Gasteiger partial charge in [0.25, 0.3) is 5.91 Å². The van der Waals surface area contributed by atoms with Crippen LogP contribution in [0.5, 0.6) is 0 Å². The Labute approximate surface area is 153 Å². The molecule has 0 saturated carbocycles. The maximum absolute atomic E-state index is 13.5. The molecular formula is C18H17BrF2N2O2. The topological polar surface area (TPSA) is 49.4 Å². The van der Waals surface area contributed by atoms with Gasteiger partial charge in [-0.3, -0.25) is 9.59 Å². The van der Waals surface area contributed by atoms with Gasteiger partial charge in [-0.15, -0.1) is 0 Å².